The zero-order valence-electron chi connectivity index (χ0n) is 12.8. The molecule has 2 rings (SSSR count). The first kappa shape index (κ1) is 14.5. The Labute approximate surface area is 120 Å². The zero-order chi connectivity index (χ0) is 14.5. The minimum atomic E-state index is 0.823. The predicted molar refractivity (Wildman–Crippen MR) is 81.4 cm³/mol. The summed E-state index contributed by atoms with van der Waals surface area (Å²) in [4.78, 5) is 13.7. The fourth-order valence-corrected chi connectivity index (χ4v) is 2.22. The van der Waals surface area contributed by atoms with Gasteiger partial charge in [0.1, 0.15) is 23.3 Å². The molecule has 0 amide bonds. The molecule has 0 unspecified atom stereocenters. The maximum absolute atomic E-state index is 4.69. The molecule has 0 atom stereocenters. The van der Waals surface area contributed by atoms with E-state index in [1.165, 1.54) is 0 Å². The fraction of sp³-hybridized carbons (Fsp3) is 0.533. The van der Waals surface area contributed by atoms with E-state index in [9.17, 15) is 0 Å². The number of aryl methyl sites for hydroxylation is 2. The van der Waals surface area contributed by atoms with Crippen LogP contribution in [0, 0.1) is 6.92 Å². The maximum Gasteiger partial charge on any atom is 0.146 e. The average molecular weight is 273 g/mol. The molecule has 20 heavy (non-hydrogen) atoms. The van der Waals surface area contributed by atoms with Gasteiger partial charge in [0.25, 0.3) is 0 Å². The van der Waals surface area contributed by atoms with Gasteiger partial charge in [-0.25, -0.2) is 15.0 Å². The number of anilines is 1. The van der Waals surface area contributed by atoms with Crippen LogP contribution in [-0.4, -0.2) is 26.1 Å². The minimum absolute atomic E-state index is 0.823. The van der Waals surface area contributed by atoms with Crippen molar-refractivity contribution < 1.29 is 0 Å². The van der Waals surface area contributed by atoms with Gasteiger partial charge in [-0.05, 0) is 20.3 Å². The number of imidazole rings is 1. The van der Waals surface area contributed by atoms with Gasteiger partial charge < -0.3 is 5.32 Å². The van der Waals surface area contributed by atoms with Crippen LogP contribution in [0.3, 0.4) is 0 Å². The summed E-state index contributed by atoms with van der Waals surface area (Å²) < 4.78 is 2.08. The molecule has 0 spiro atoms. The second-order valence-corrected chi connectivity index (χ2v) is 4.78. The van der Waals surface area contributed by atoms with Crippen molar-refractivity contribution in [2.75, 3.05) is 11.9 Å². The topological polar surface area (TPSA) is 55.6 Å². The number of rotatable bonds is 6. The zero-order valence-corrected chi connectivity index (χ0v) is 12.8. The first-order valence-corrected chi connectivity index (χ1v) is 7.35. The summed E-state index contributed by atoms with van der Waals surface area (Å²) in [6.45, 7) is 9.22. The predicted octanol–water partition coefficient (Wildman–Crippen LogP) is 2.92. The molecule has 0 aliphatic rings. The normalized spacial score (nSPS) is 10.8. The summed E-state index contributed by atoms with van der Waals surface area (Å²) in [5.41, 5.74) is 1.07. The van der Waals surface area contributed by atoms with E-state index in [0.717, 1.165) is 54.7 Å². The Hall–Kier alpha value is -1.91. The quantitative estimate of drug-likeness (QED) is 0.879. The smallest absolute Gasteiger partial charge is 0.146 e. The third kappa shape index (κ3) is 2.81. The van der Waals surface area contributed by atoms with Gasteiger partial charge >= 0.3 is 0 Å². The Morgan fingerprint density at radius 2 is 2.00 bits per heavy atom. The number of nitrogens with one attached hydrogen (secondary N) is 1. The number of aromatic nitrogens is 4. The van der Waals surface area contributed by atoms with E-state index in [1.807, 2.05) is 12.4 Å². The molecule has 2 heterocycles. The molecular formula is C15H23N5. The lowest BCUT2D eigenvalue weighted by Crippen LogP contribution is -2.12. The van der Waals surface area contributed by atoms with E-state index in [-0.39, 0.29) is 0 Å². The van der Waals surface area contributed by atoms with Crippen LogP contribution in [0.1, 0.15) is 44.4 Å². The second-order valence-electron chi connectivity index (χ2n) is 4.78. The standard InChI is InChI=1S/C15H23N5/c1-5-8-13-17-9-10-20(13)15-11(4)14(16-7-3)18-12(6-2)19-15/h9-10H,5-8H2,1-4H3,(H,16,18,19). The molecule has 5 heteroatoms. The Morgan fingerprint density at radius 1 is 1.20 bits per heavy atom. The van der Waals surface area contributed by atoms with Gasteiger partial charge in [0.05, 0.1) is 0 Å². The van der Waals surface area contributed by atoms with Gasteiger partial charge in [0.2, 0.25) is 0 Å². The molecule has 0 saturated carbocycles. The van der Waals surface area contributed by atoms with Gasteiger partial charge in [0.15, 0.2) is 0 Å². The number of hydrogen-bond acceptors (Lipinski definition) is 4. The molecule has 2 aromatic heterocycles. The lowest BCUT2D eigenvalue weighted by molar-refractivity contribution is 0.782. The van der Waals surface area contributed by atoms with Gasteiger partial charge in [-0.1, -0.05) is 13.8 Å². The van der Waals surface area contributed by atoms with E-state index >= 15 is 0 Å². The largest absolute Gasteiger partial charge is 0.370 e. The first-order chi connectivity index (χ1) is 9.71. The SMILES string of the molecule is CCCc1nccn1-c1nc(CC)nc(NCC)c1C. The molecule has 0 fully saturated rings. The van der Waals surface area contributed by atoms with Gasteiger partial charge in [-0.2, -0.15) is 0 Å². The van der Waals surface area contributed by atoms with E-state index in [0.29, 0.717) is 0 Å². The first-order valence-electron chi connectivity index (χ1n) is 7.35. The van der Waals surface area contributed by atoms with Crippen LogP contribution >= 0.6 is 0 Å². The summed E-state index contributed by atoms with van der Waals surface area (Å²) >= 11 is 0. The molecule has 0 radical (unpaired) electrons. The molecule has 0 aromatic carbocycles. The Morgan fingerprint density at radius 3 is 2.65 bits per heavy atom. The fourth-order valence-electron chi connectivity index (χ4n) is 2.22. The second kappa shape index (κ2) is 6.50. The van der Waals surface area contributed by atoms with Crippen molar-refractivity contribution in [3.8, 4) is 5.82 Å². The highest BCUT2D eigenvalue weighted by Crippen LogP contribution is 2.21. The Balaban J connectivity index is 2.54. The van der Waals surface area contributed by atoms with Crippen LogP contribution in [-0.2, 0) is 12.8 Å². The van der Waals surface area contributed by atoms with Crippen molar-refractivity contribution in [3.05, 3.63) is 29.6 Å². The highest BCUT2D eigenvalue weighted by atomic mass is 15.2. The molecule has 0 bridgehead atoms. The van der Waals surface area contributed by atoms with Crippen molar-refractivity contribution in [2.45, 2.75) is 47.0 Å². The van der Waals surface area contributed by atoms with E-state index < -0.39 is 0 Å². The van der Waals surface area contributed by atoms with Crippen molar-refractivity contribution in [2.24, 2.45) is 0 Å². The molecule has 0 saturated heterocycles. The molecule has 1 N–H and O–H groups in total. The third-order valence-electron chi connectivity index (χ3n) is 3.25. The monoisotopic (exact) mass is 273 g/mol. The maximum atomic E-state index is 4.69. The van der Waals surface area contributed by atoms with Crippen molar-refractivity contribution >= 4 is 5.82 Å². The summed E-state index contributed by atoms with van der Waals surface area (Å²) in [5.74, 6) is 3.77. The minimum Gasteiger partial charge on any atom is -0.370 e. The number of nitrogens with zero attached hydrogens (tertiary/aromatic N) is 4. The summed E-state index contributed by atoms with van der Waals surface area (Å²) in [6, 6.07) is 0. The molecule has 2 aromatic rings. The summed E-state index contributed by atoms with van der Waals surface area (Å²) in [6.07, 6.45) is 6.67. The lowest BCUT2D eigenvalue weighted by Gasteiger charge is -2.14. The molecule has 5 nitrogen and oxygen atoms in total. The highest BCUT2D eigenvalue weighted by Gasteiger charge is 2.13. The molecular weight excluding hydrogens is 250 g/mol. The third-order valence-corrected chi connectivity index (χ3v) is 3.25. The van der Waals surface area contributed by atoms with Crippen LogP contribution in [0.2, 0.25) is 0 Å². The summed E-state index contributed by atoms with van der Waals surface area (Å²) in [7, 11) is 0. The van der Waals surface area contributed by atoms with Gasteiger partial charge in [-0.15, -0.1) is 0 Å². The van der Waals surface area contributed by atoms with Crippen LogP contribution in [0.25, 0.3) is 5.82 Å². The van der Waals surface area contributed by atoms with Crippen LogP contribution in [0.5, 0.6) is 0 Å². The summed E-state index contributed by atoms with van der Waals surface area (Å²) in [5, 5.41) is 3.32. The van der Waals surface area contributed by atoms with Crippen molar-refractivity contribution in [3.63, 3.8) is 0 Å². The van der Waals surface area contributed by atoms with E-state index in [1.54, 1.807) is 0 Å². The Kier molecular flexibility index (Phi) is 4.71. The van der Waals surface area contributed by atoms with Gasteiger partial charge in [0, 0.05) is 37.3 Å². The Bertz CT molecular complexity index is 574. The van der Waals surface area contributed by atoms with E-state index in [4.69, 9.17) is 4.98 Å². The van der Waals surface area contributed by atoms with Crippen molar-refractivity contribution in [1.29, 1.82) is 0 Å². The van der Waals surface area contributed by atoms with Crippen LogP contribution in [0.4, 0.5) is 5.82 Å². The molecule has 108 valence electrons. The molecule has 0 aliphatic carbocycles. The number of hydrogen-bond donors (Lipinski definition) is 1. The van der Waals surface area contributed by atoms with Crippen molar-refractivity contribution in [1.82, 2.24) is 19.5 Å². The van der Waals surface area contributed by atoms with Crippen LogP contribution in [0.15, 0.2) is 12.4 Å². The average Bonchev–Trinajstić information content (AvgIpc) is 2.90. The van der Waals surface area contributed by atoms with Crippen LogP contribution < -0.4 is 5.32 Å². The van der Waals surface area contributed by atoms with E-state index in [2.05, 4.69) is 47.5 Å². The molecule has 0 aliphatic heterocycles. The highest BCUT2D eigenvalue weighted by molar-refractivity contribution is 5.52. The van der Waals surface area contributed by atoms with Gasteiger partial charge in [-0.3, -0.25) is 4.57 Å². The lowest BCUT2D eigenvalue weighted by atomic mass is 10.2.